The fourth-order valence-corrected chi connectivity index (χ4v) is 5.90. The molecule has 1 aromatic heterocycles. The number of para-hydroxylation sites is 1. The quantitative estimate of drug-likeness (QED) is 0.203. The number of methoxy groups -OCH3 is 1. The molecule has 5 rings (SSSR count). The largest absolute Gasteiger partial charge is 0.496 e. The molecular formula is C37H46N6O5. The van der Waals surface area contributed by atoms with Gasteiger partial charge in [0.05, 0.1) is 36.2 Å². The highest BCUT2D eigenvalue weighted by Crippen LogP contribution is 2.32. The molecule has 0 saturated carbocycles. The van der Waals surface area contributed by atoms with E-state index < -0.39 is 0 Å². The van der Waals surface area contributed by atoms with Crippen molar-refractivity contribution in [2.75, 3.05) is 64.2 Å². The lowest BCUT2D eigenvalue weighted by Gasteiger charge is -2.32. The molecule has 1 aliphatic rings. The number of carbonyl (C=O) groups is 3. The maximum atomic E-state index is 13.7. The molecule has 0 aliphatic carbocycles. The van der Waals surface area contributed by atoms with E-state index in [-0.39, 0.29) is 23.5 Å². The maximum Gasteiger partial charge on any atom is 0.259 e. The molecule has 2 heterocycles. The van der Waals surface area contributed by atoms with Gasteiger partial charge in [0, 0.05) is 52.3 Å². The number of amides is 3. The fourth-order valence-electron chi connectivity index (χ4n) is 5.90. The van der Waals surface area contributed by atoms with Crippen LogP contribution < -0.4 is 19.7 Å². The van der Waals surface area contributed by atoms with Gasteiger partial charge < -0.3 is 34.1 Å². The molecule has 1 saturated heterocycles. The zero-order valence-corrected chi connectivity index (χ0v) is 28.8. The highest BCUT2D eigenvalue weighted by Gasteiger charge is 2.22. The summed E-state index contributed by atoms with van der Waals surface area (Å²) in [6, 6.07) is 16.2. The molecule has 0 spiro atoms. The molecule has 11 heteroatoms. The fraction of sp³-hybridized carbons (Fsp3) is 0.405. The third-order valence-corrected chi connectivity index (χ3v) is 9.01. The summed E-state index contributed by atoms with van der Waals surface area (Å²) in [5, 5.41) is 2.95. The summed E-state index contributed by atoms with van der Waals surface area (Å²) >= 11 is 0. The second-order valence-electron chi connectivity index (χ2n) is 12.4. The average molecular weight is 655 g/mol. The minimum atomic E-state index is -0.368. The summed E-state index contributed by atoms with van der Waals surface area (Å²) in [5.41, 5.74) is 4.51. The smallest absolute Gasteiger partial charge is 0.259 e. The van der Waals surface area contributed by atoms with Crippen molar-refractivity contribution in [1.82, 2.24) is 19.4 Å². The van der Waals surface area contributed by atoms with Crippen LogP contribution in [0.4, 0.5) is 11.4 Å². The number of nitrogens with zero attached hydrogens (tertiary/aromatic N) is 5. The van der Waals surface area contributed by atoms with Crippen molar-refractivity contribution in [2.45, 2.75) is 39.5 Å². The molecule has 3 amide bonds. The molecule has 3 aromatic carbocycles. The highest BCUT2D eigenvalue weighted by molar-refractivity contribution is 6.11. The number of ether oxygens (including phenoxy) is 2. The average Bonchev–Trinajstić information content (AvgIpc) is 3.39. The number of hydrogen-bond donors (Lipinski definition) is 1. The van der Waals surface area contributed by atoms with Crippen LogP contribution >= 0.6 is 0 Å². The molecular weight excluding hydrogens is 608 g/mol. The number of benzene rings is 3. The number of piperazine rings is 1. The normalized spacial score (nSPS) is 13.4. The van der Waals surface area contributed by atoms with E-state index >= 15 is 0 Å². The molecule has 1 aliphatic heterocycles. The second-order valence-corrected chi connectivity index (χ2v) is 12.4. The van der Waals surface area contributed by atoms with E-state index in [0.29, 0.717) is 46.8 Å². The van der Waals surface area contributed by atoms with Gasteiger partial charge in [0.1, 0.15) is 22.8 Å². The van der Waals surface area contributed by atoms with Crippen molar-refractivity contribution in [3.8, 4) is 11.5 Å². The molecule has 0 radical (unpaired) electrons. The number of hydrogen-bond acceptors (Lipinski definition) is 7. The van der Waals surface area contributed by atoms with Crippen molar-refractivity contribution in [3.63, 3.8) is 0 Å². The molecule has 1 N–H and O–H groups in total. The van der Waals surface area contributed by atoms with Crippen molar-refractivity contribution in [2.24, 2.45) is 7.05 Å². The van der Waals surface area contributed by atoms with E-state index in [2.05, 4.69) is 22.2 Å². The topological polar surface area (TPSA) is 109 Å². The standard InChI is InChI=1S/C37H46N6O5/c1-25-14-17-30(33(23-25)48-22-9-7-8-13-34(44)43-20-18-40(3)19-21-43)42(5)37(46)27-15-16-28(32(24-27)47-6)36(45)39-29-11-10-12-31-35(29)38-26(2)41(31)4/h10-12,14-17,23-24H,7-9,13,18-22H2,1-6H3,(H,39,45). The van der Waals surface area contributed by atoms with Crippen LogP contribution in [-0.4, -0.2) is 91.1 Å². The number of unbranched alkanes of at least 4 members (excludes halogenated alkanes) is 2. The van der Waals surface area contributed by atoms with Gasteiger partial charge in [0.25, 0.3) is 11.8 Å². The van der Waals surface area contributed by atoms with Crippen molar-refractivity contribution in [1.29, 1.82) is 0 Å². The summed E-state index contributed by atoms with van der Waals surface area (Å²) in [6.07, 6.45) is 3.06. The van der Waals surface area contributed by atoms with Crippen LogP contribution in [0.15, 0.2) is 54.6 Å². The van der Waals surface area contributed by atoms with Crippen LogP contribution in [0.3, 0.4) is 0 Å². The van der Waals surface area contributed by atoms with Gasteiger partial charge in [-0.25, -0.2) is 4.98 Å². The third kappa shape index (κ3) is 7.79. The Morgan fingerprint density at radius 3 is 2.44 bits per heavy atom. The molecule has 11 nitrogen and oxygen atoms in total. The van der Waals surface area contributed by atoms with Crippen molar-refractivity contribution < 1.29 is 23.9 Å². The highest BCUT2D eigenvalue weighted by atomic mass is 16.5. The van der Waals surface area contributed by atoms with Crippen LogP contribution in [-0.2, 0) is 11.8 Å². The number of carbonyl (C=O) groups excluding carboxylic acids is 3. The van der Waals surface area contributed by atoms with Crippen LogP contribution in [0.1, 0.15) is 57.8 Å². The Morgan fingerprint density at radius 2 is 1.69 bits per heavy atom. The Bertz CT molecular complexity index is 1790. The first-order valence-corrected chi connectivity index (χ1v) is 16.5. The maximum absolute atomic E-state index is 13.7. The predicted octanol–water partition coefficient (Wildman–Crippen LogP) is 5.44. The van der Waals surface area contributed by atoms with Crippen molar-refractivity contribution >= 4 is 40.1 Å². The first kappa shape index (κ1) is 34.4. The zero-order chi connectivity index (χ0) is 34.4. The Hall–Kier alpha value is -4.90. The molecule has 254 valence electrons. The number of aryl methyl sites for hydroxylation is 3. The van der Waals surface area contributed by atoms with Gasteiger partial charge in [0.2, 0.25) is 5.91 Å². The van der Waals surface area contributed by atoms with E-state index in [1.807, 2.05) is 66.8 Å². The molecule has 48 heavy (non-hydrogen) atoms. The Morgan fingerprint density at radius 1 is 0.917 bits per heavy atom. The SMILES string of the molecule is COc1cc(C(=O)N(C)c2ccc(C)cc2OCCCCCC(=O)N2CCN(C)CC2)ccc1C(=O)Nc1cccc2c1nc(C)n2C. The lowest BCUT2D eigenvalue weighted by Crippen LogP contribution is -2.47. The number of nitrogens with one attached hydrogen (secondary N) is 1. The van der Waals surface area contributed by atoms with E-state index in [9.17, 15) is 14.4 Å². The van der Waals surface area contributed by atoms with Gasteiger partial charge in [-0.05, 0) is 88.2 Å². The Kier molecular flexibility index (Phi) is 11.0. The minimum Gasteiger partial charge on any atom is -0.496 e. The summed E-state index contributed by atoms with van der Waals surface area (Å²) in [6.45, 7) is 7.82. The van der Waals surface area contributed by atoms with Gasteiger partial charge in [-0.1, -0.05) is 12.1 Å². The Balaban J connectivity index is 1.20. The molecule has 1 fully saturated rings. The number of anilines is 2. The number of fused-ring (bicyclic) bond motifs is 1. The van der Waals surface area contributed by atoms with E-state index in [1.165, 1.54) is 7.11 Å². The van der Waals surface area contributed by atoms with Crippen LogP contribution in [0.2, 0.25) is 0 Å². The monoisotopic (exact) mass is 654 g/mol. The molecule has 4 aromatic rings. The van der Waals surface area contributed by atoms with Crippen molar-refractivity contribution in [3.05, 3.63) is 77.1 Å². The van der Waals surface area contributed by atoms with Gasteiger partial charge in [-0.3, -0.25) is 14.4 Å². The first-order chi connectivity index (χ1) is 23.1. The first-order valence-electron chi connectivity index (χ1n) is 16.5. The zero-order valence-electron chi connectivity index (χ0n) is 28.8. The second kappa shape index (κ2) is 15.3. The van der Waals surface area contributed by atoms with Gasteiger partial charge >= 0.3 is 0 Å². The minimum absolute atomic E-state index is 0.229. The van der Waals surface area contributed by atoms with Crippen LogP contribution in [0, 0.1) is 13.8 Å². The molecule has 0 unspecified atom stereocenters. The molecule has 0 bridgehead atoms. The third-order valence-electron chi connectivity index (χ3n) is 9.01. The number of likely N-dealkylation sites (N-methyl/N-ethyl adjacent to an activating group) is 1. The molecule has 0 atom stereocenters. The summed E-state index contributed by atoms with van der Waals surface area (Å²) in [5.74, 6) is 1.32. The van der Waals surface area contributed by atoms with E-state index in [4.69, 9.17) is 9.47 Å². The van der Waals surface area contributed by atoms with Crippen LogP contribution in [0.25, 0.3) is 11.0 Å². The van der Waals surface area contributed by atoms with Crippen LogP contribution in [0.5, 0.6) is 11.5 Å². The van der Waals surface area contributed by atoms with Gasteiger partial charge in [-0.15, -0.1) is 0 Å². The summed E-state index contributed by atoms with van der Waals surface area (Å²) < 4.78 is 13.7. The number of imidazole rings is 1. The van der Waals surface area contributed by atoms with E-state index in [1.54, 1.807) is 30.1 Å². The van der Waals surface area contributed by atoms with E-state index in [0.717, 1.165) is 62.3 Å². The number of rotatable bonds is 12. The van der Waals surface area contributed by atoms with Gasteiger partial charge in [0.15, 0.2) is 0 Å². The lowest BCUT2D eigenvalue weighted by atomic mass is 10.1. The number of aromatic nitrogens is 2. The summed E-state index contributed by atoms with van der Waals surface area (Å²) in [7, 11) is 7.19. The Labute approximate surface area is 282 Å². The lowest BCUT2D eigenvalue weighted by molar-refractivity contribution is -0.132. The predicted molar refractivity (Wildman–Crippen MR) is 188 cm³/mol. The van der Waals surface area contributed by atoms with Gasteiger partial charge in [-0.2, -0.15) is 0 Å². The summed E-state index contributed by atoms with van der Waals surface area (Å²) in [4.78, 5) is 49.9.